The van der Waals surface area contributed by atoms with Crippen molar-refractivity contribution in [2.75, 3.05) is 18.0 Å². The molecule has 1 saturated carbocycles. The van der Waals surface area contributed by atoms with Crippen LogP contribution in [0.15, 0.2) is 18.6 Å². The smallest absolute Gasteiger partial charge is 0.142 e. The first kappa shape index (κ1) is 11.3. The van der Waals surface area contributed by atoms with Crippen molar-refractivity contribution in [1.82, 2.24) is 15.0 Å². The quantitative estimate of drug-likeness (QED) is 0.853. The maximum atomic E-state index is 4.53. The minimum atomic E-state index is 0.562. The molecule has 4 heteroatoms. The number of hydrogen-bond donors (Lipinski definition) is 1. The molecule has 19 heavy (non-hydrogen) atoms. The minimum absolute atomic E-state index is 0.562. The summed E-state index contributed by atoms with van der Waals surface area (Å²) in [5.74, 6) is 2.01. The molecule has 2 atom stereocenters. The summed E-state index contributed by atoms with van der Waals surface area (Å²) in [5.41, 5.74) is 1.51. The summed E-state index contributed by atoms with van der Waals surface area (Å²) in [7, 11) is 0. The molecule has 4 rings (SSSR count). The molecule has 1 spiro atoms. The van der Waals surface area contributed by atoms with Crippen molar-refractivity contribution in [3.8, 4) is 0 Å². The highest BCUT2D eigenvalue weighted by atomic mass is 15.2. The summed E-state index contributed by atoms with van der Waals surface area (Å²) in [5, 5.41) is 1.16. The molecule has 0 amide bonds. The van der Waals surface area contributed by atoms with Gasteiger partial charge in [-0.15, -0.1) is 0 Å². The number of fused-ring (bicyclic) bond motifs is 1. The molecule has 2 aromatic rings. The maximum absolute atomic E-state index is 4.53. The van der Waals surface area contributed by atoms with Crippen LogP contribution in [-0.2, 0) is 0 Å². The number of anilines is 1. The molecule has 2 aliphatic rings. The van der Waals surface area contributed by atoms with E-state index in [-0.39, 0.29) is 0 Å². The van der Waals surface area contributed by atoms with Gasteiger partial charge in [0.15, 0.2) is 0 Å². The van der Waals surface area contributed by atoms with E-state index >= 15 is 0 Å². The van der Waals surface area contributed by atoms with Crippen molar-refractivity contribution in [3.63, 3.8) is 0 Å². The van der Waals surface area contributed by atoms with Crippen LogP contribution in [0.4, 0.5) is 5.82 Å². The van der Waals surface area contributed by atoms with E-state index in [1.807, 2.05) is 6.20 Å². The minimum Gasteiger partial charge on any atom is -0.355 e. The van der Waals surface area contributed by atoms with E-state index in [2.05, 4.69) is 32.8 Å². The normalized spacial score (nSPS) is 30.8. The van der Waals surface area contributed by atoms with Crippen molar-refractivity contribution in [1.29, 1.82) is 0 Å². The van der Waals surface area contributed by atoms with Gasteiger partial charge in [0.05, 0.1) is 5.39 Å². The van der Waals surface area contributed by atoms with Gasteiger partial charge < -0.3 is 9.88 Å². The molecule has 0 bridgehead atoms. The van der Waals surface area contributed by atoms with Crippen LogP contribution >= 0.6 is 0 Å². The van der Waals surface area contributed by atoms with E-state index in [4.69, 9.17) is 0 Å². The van der Waals surface area contributed by atoms with Crippen molar-refractivity contribution in [3.05, 3.63) is 18.6 Å². The zero-order chi connectivity index (χ0) is 12.9. The Balaban J connectivity index is 1.66. The number of rotatable bonds is 1. The molecule has 3 heterocycles. The van der Waals surface area contributed by atoms with Crippen LogP contribution in [0.1, 0.15) is 32.6 Å². The van der Waals surface area contributed by atoms with Gasteiger partial charge in [-0.2, -0.15) is 0 Å². The van der Waals surface area contributed by atoms with Gasteiger partial charge >= 0.3 is 0 Å². The summed E-state index contributed by atoms with van der Waals surface area (Å²) in [6.45, 7) is 4.71. The maximum Gasteiger partial charge on any atom is 0.142 e. The molecule has 2 aromatic heterocycles. The highest BCUT2D eigenvalue weighted by Gasteiger charge is 2.43. The summed E-state index contributed by atoms with van der Waals surface area (Å²) < 4.78 is 0. The van der Waals surface area contributed by atoms with Crippen molar-refractivity contribution >= 4 is 16.9 Å². The van der Waals surface area contributed by atoms with Gasteiger partial charge in [-0.1, -0.05) is 13.3 Å². The van der Waals surface area contributed by atoms with E-state index in [0.717, 1.165) is 29.3 Å². The number of hydrogen-bond acceptors (Lipinski definition) is 3. The largest absolute Gasteiger partial charge is 0.355 e. The standard InChI is InChI=1S/C15H20N4/c1-11-2-4-15(8-11)5-7-19(9-15)14-12-3-6-16-13(12)17-10-18-14/h3,6,10-11H,2,4-5,7-9H2,1H3,(H,16,17,18). The second kappa shape index (κ2) is 3.95. The topological polar surface area (TPSA) is 44.8 Å². The first-order valence-electron chi connectivity index (χ1n) is 7.29. The number of nitrogens with zero attached hydrogens (tertiary/aromatic N) is 3. The van der Waals surface area contributed by atoms with Crippen molar-refractivity contribution < 1.29 is 0 Å². The summed E-state index contributed by atoms with van der Waals surface area (Å²) >= 11 is 0. The van der Waals surface area contributed by atoms with E-state index < -0.39 is 0 Å². The van der Waals surface area contributed by atoms with Crippen LogP contribution in [0.5, 0.6) is 0 Å². The Kier molecular flexibility index (Phi) is 2.34. The number of aromatic nitrogens is 3. The van der Waals surface area contributed by atoms with Gasteiger partial charge in [-0.3, -0.25) is 0 Å². The summed E-state index contributed by atoms with van der Waals surface area (Å²) in [4.78, 5) is 14.5. The molecule has 2 fully saturated rings. The summed E-state index contributed by atoms with van der Waals surface area (Å²) in [6, 6.07) is 2.09. The Morgan fingerprint density at radius 1 is 1.37 bits per heavy atom. The zero-order valence-corrected chi connectivity index (χ0v) is 11.4. The molecule has 4 nitrogen and oxygen atoms in total. The second-order valence-corrected chi connectivity index (χ2v) is 6.46. The fourth-order valence-electron chi connectivity index (χ4n) is 4.09. The monoisotopic (exact) mass is 256 g/mol. The van der Waals surface area contributed by atoms with E-state index in [9.17, 15) is 0 Å². The third kappa shape index (κ3) is 1.73. The van der Waals surface area contributed by atoms with Gasteiger partial charge in [0.1, 0.15) is 17.8 Å². The average molecular weight is 256 g/mol. The highest BCUT2D eigenvalue weighted by molar-refractivity contribution is 5.87. The predicted octanol–water partition coefficient (Wildman–Crippen LogP) is 2.97. The van der Waals surface area contributed by atoms with Gasteiger partial charge in [0.2, 0.25) is 0 Å². The van der Waals surface area contributed by atoms with Crippen LogP contribution in [0.3, 0.4) is 0 Å². The number of aromatic amines is 1. The third-order valence-corrected chi connectivity index (χ3v) is 5.02. The molecule has 0 radical (unpaired) electrons. The van der Waals surface area contributed by atoms with Crippen molar-refractivity contribution in [2.45, 2.75) is 32.6 Å². The Labute approximate surface area is 113 Å². The van der Waals surface area contributed by atoms with Crippen LogP contribution < -0.4 is 4.90 Å². The lowest BCUT2D eigenvalue weighted by Gasteiger charge is -2.24. The third-order valence-electron chi connectivity index (χ3n) is 5.02. The van der Waals surface area contributed by atoms with Crippen LogP contribution in [-0.4, -0.2) is 28.0 Å². The molecule has 100 valence electrons. The van der Waals surface area contributed by atoms with Crippen molar-refractivity contribution in [2.24, 2.45) is 11.3 Å². The Bertz CT molecular complexity index is 605. The first-order valence-corrected chi connectivity index (χ1v) is 7.29. The Morgan fingerprint density at radius 3 is 3.16 bits per heavy atom. The van der Waals surface area contributed by atoms with Gasteiger partial charge in [-0.05, 0) is 36.7 Å². The molecule has 1 aliphatic carbocycles. The lowest BCUT2D eigenvalue weighted by atomic mass is 9.85. The molecule has 1 N–H and O–H groups in total. The van der Waals surface area contributed by atoms with Crippen LogP contribution in [0, 0.1) is 11.3 Å². The molecular weight excluding hydrogens is 236 g/mol. The zero-order valence-electron chi connectivity index (χ0n) is 11.4. The van der Waals surface area contributed by atoms with Gasteiger partial charge in [0, 0.05) is 19.3 Å². The second-order valence-electron chi connectivity index (χ2n) is 6.46. The molecule has 1 aliphatic heterocycles. The molecule has 1 saturated heterocycles. The number of H-pyrrole nitrogens is 1. The number of nitrogens with one attached hydrogen (secondary N) is 1. The van der Waals surface area contributed by atoms with Gasteiger partial charge in [0.25, 0.3) is 0 Å². The lowest BCUT2D eigenvalue weighted by molar-refractivity contribution is 0.328. The Morgan fingerprint density at radius 2 is 2.32 bits per heavy atom. The molecule has 2 unspecified atom stereocenters. The predicted molar refractivity (Wildman–Crippen MR) is 76.2 cm³/mol. The van der Waals surface area contributed by atoms with E-state index in [1.165, 1.54) is 32.2 Å². The van der Waals surface area contributed by atoms with E-state index in [1.54, 1.807) is 6.33 Å². The van der Waals surface area contributed by atoms with Crippen LogP contribution in [0.25, 0.3) is 11.0 Å². The molecular formula is C15H20N4. The van der Waals surface area contributed by atoms with E-state index in [0.29, 0.717) is 5.41 Å². The lowest BCUT2D eigenvalue weighted by Crippen LogP contribution is -2.26. The fourth-order valence-corrected chi connectivity index (χ4v) is 4.09. The SMILES string of the molecule is CC1CCC2(CCN(c3ncnc4[nH]ccc34)C2)C1. The highest BCUT2D eigenvalue weighted by Crippen LogP contribution is 2.48. The van der Waals surface area contributed by atoms with Crippen LogP contribution in [0.2, 0.25) is 0 Å². The fraction of sp³-hybridized carbons (Fsp3) is 0.600. The molecule has 0 aromatic carbocycles. The average Bonchev–Trinajstić information content (AvgIpc) is 3.10. The van der Waals surface area contributed by atoms with Gasteiger partial charge in [-0.25, -0.2) is 9.97 Å². The Hall–Kier alpha value is -1.58. The first-order chi connectivity index (χ1) is 9.26. The summed E-state index contributed by atoms with van der Waals surface area (Å²) in [6.07, 6.45) is 9.14.